The molecule has 2 bridgehead atoms. The highest BCUT2D eigenvalue weighted by Crippen LogP contribution is 2.59. The van der Waals surface area contributed by atoms with Crippen molar-refractivity contribution in [1.82, 2.24) is 0 Å². The van der Waals surface area contributed by atoms with Gasteiger partial charge in [-0.15, -0.1) is 0 Å². The predicted octanol–water partition coefficient (Wildman–Crippen LogP) is 4.56. The Morgan fingerprint density at radius 3 is 2.85 bits per heavy atom. The standard InChI is InChI=1S/C17H19BrN2/c18-12-5-4-10(9-19)16(8-12)20-17-7-11-6-15(17)14-3-1-2-13(11)14/h4-5,8,11,13-15,17,20H,1-3,6-7H2. The molecule has 4 rings (SSSR count). The first-order valence-electron chi connectivity index (χ1n) is 7.72. The zero-order valence-corrected chi connectivity index (χ0v) is 13.1. The molecule has 0 radical (unpaired) electrons. The minimum atomic E-state index is 0.584. The maximum atomic E-state index is 9.26. The Morgan fingerprint density at radius 1 is 1.15 bits per heavy atom. The van der Waals surface area contributed by atoms with Crippen molar-refractivity contribution in [2.24, 2.45) is 23.7 Å². The van der Waals surface area contributed by atoms with Gasteiger partial charge in [-0.05, 0) is 67.6 Å². The lowest BCUT2D eigenvalue weighted by atomic mass is 9.79. The molecule has 5 atom stereocenters. The van der Waals surface area contributed by atoms with Gasteiger partial charge in [-0.2, -0.15) is 5.26 Å². The number of hydrogen-bond donors (Lipinski definition) is 1. The molecule has 3 heteroatoms. The van der Waals surface area contributed by atoms with Crippen molar-refractivity contribution in [1.29, 1.82) is 5.26 Å². The van der Waals surface area contributed by atoms with Gasteiger partial charge in [0, 0.05) is 10.5 Å². The smallest absolute Gasteiger partial charge is 0.101 e. The molecule has 0 aromatic heterocycles. The molecule has 3 fully saturated rings. The molecule has 3 aliphatic carbocycles. The van der Waals surface area contributed by atoms with Crippen molar-refractivity contribution in [2.45, 2.75) is 38.1 Å². The second-order valence-electron chi connectivity index (χ2n) is 6.71. The summed E-state index contributed by atoms with van der Waals surface area (Å²) in [5, 5.41) is 13.0. The maximum absolute atomic E-state index is 9.26. The van der Waals surface area contributed by atoms with E-state index >= 15 is 0 Å². The molecule has 20 heavy (non-hydrogen) atoms. The van der Waals surface area contributed by atoms with Gasteiger partial charge in [-0.1, -0.05) is 22.4 Å². The third kappa shape index (κ3) is 1.89. The first-order valence-corrected chi connectivity index (χ1v) is 8.52. The Morgan fingerprint density at radius 2 is 2.00 bits per heavy atom. The third-order valence-corrected chi connectivity index (χ3v) is 6.36. The Kier molecular flexibility index (Phi) is 3.03. The van der Waals surface area contributed by atoms with Gasteiger partial charge in [0.2, 0.25) is 0 Å². The highest BCUT2D eigenvalue weighted by molar-refractivity contribution is 9.10. The summed E-state index contributed by atoms with van der Waals surface area (Å²) in [7, 11) is 0. The van der Waals surface area contributed by atoms with Crippen molar-refractivity contribution in [3.8, 4) is 6.07 Å². The molecule has 1 aromatic rings. The molecule has 0 aliphatic heterocycles. The molecule has 0 saturated heterocycles. The summed E-state index contributed by atoms with van der Waals surface area (Å²) >= 11 is 3.51. The lowest BCUT2D eigenvalue weighted by molar-refractivity contribution is 0.243. The number of hydrogen-bond acceptors (Lipinski definition) is 2. The minimum absolute atomic E-state index is 0.584. The van der Waals surface area contributed by atoms with Crippen molar-refractivity contribution in [3.63, 3.8) is 0 Å². The van der Waals surface area contributed by atoms with Gasteiger partial charge in [0.25, 0.3) is 0 Å². The monoisotopic (exact) mass is 330 g/mol. The largest absolute Gasteiger partial charge is 0.381 e. The second-order valence-corrected chi connectivity index (χ2v) is 7.62. The van der Waals surface area contributed by atoms with Crippen LogP contribution < -0.4 is 5.32 Å². The van der Waals surface area contributed by atoms with Crippen molar-refractivity contribution >= 4 is 21.6 Å². The van der Waals surface area contributed by atoms with E-state index in [-0.39, 0.29) is 0 Å². The van der Waals surface area contributed by atoms with Crippen molar-refractivity contribution in [3.05, 3.63) is 28.2 Å². The van der Waals surface area contributed by atoms with Crippen LogP contribution in [0.5, 0.6) is 0 Å². The summed E-state index contributed by atoms with van der Waals surface area (Å²) in [6, 6.07) is 8.78. The van der Waals surface area contributed by atoms with E-state index in [9.17, 15) is 5.26 Å². The lowest BCUT2D eigenvalue weighted by Gasteiger charge is -2.33. The number of nitrogens with zero attached hydrogens (tertiary/aromatic N) is 1. The fourth-order valence-electron chi connectivity index (χ4n) is 5.17. The molecule has 2 nitrogen and oxygen atoms in total. The quantitative estimate of drug-likeness (QED) is 0.862. The average molecular weight is 331 g/mol. The predicted molar refractivity (Wildman–Crippen MR) is 83.3 cm³/mol. The van der Waals surface area contributed by atoms with Crippen LogP contribution in [0, 0.1) is 35.0 Å². The summed E-state index contributed by atoms with van der Waals surface area (Å²) in [6.07, 6.45) is 7.08. The van der Waals surface area contributed by atoms with Crippen molar-refractivity contribution in [2.75, 3.05) is 5.32 Å². The zero-order valence-electron chi connectivity index (χ0n) is 11.5. The second kappa shape index (κ2) is 4.77. The van der Waals surface area contributed by atoms with Crippen LogP contribution in [0.1, 0.15) is 37.7 Å². The summed E-state index contributed by atoms with van der Waals surface area (Å²) in [4.78, 5) is 0. The van der Waals surface area contributed by atoms with Crippen LogP contribution in [0.4, 0.5) is 5.69 Å². The normalized spacial score (nSPS) is 37.7. The molecule has 1 N–H and O–H groups in total. The Bertz CT molecular complexity index is 577. The van der Waals surface area contributed by atoms with E-state index in [0.29, 0.717) is 6.04 Å². The fourth-order valence-corrected chi connectivity index (χ4v) is 5.53. The zero-order chi connectivity index (χ0) is 13.7. The van der Waals surface area contributed by atoms with Gasteiger partial charge in [-0.3, -0.25) is 0 Å². The molecule has 3 aliphatic rings. The number of benzene rings is 1. The first kappa shape index (κ1) is 12.7. The number of fused-ring (bicyclic) bond motifs is 5. The highest BCUT2D eigenvalue weighted by atomic mass is 79.9. The van der Waals surface area contributed by atoms with E-state index in [1.165, 1.54) is 32.1 Å². The van der Waals surface area contributed by atoms with Gasteiger partial charge in [0.1, 0.15) is 6.07 Å². The minimum Gasteiger partial charge on any atom is -0.381 e. The van der Waals surface area contributed by atoms with Crippen LogP contribution in [0.2, 0.25) is 0 Å². The number of nitrogens with one attached hydrogen (secondary N) is 1. The average Bonchev–Trinajstić information content (AvgIpc) is 3.10. The molecule has 0 spiro atoms. The molecular formula is C17H19BrN2. The SMILES string of the molecule is N#Cc1ccc(Br)cc1NC1CC2CC1C1CCCC21. The Balaban J connectivity index is 1.56. The Hall–Kier alpha value is -1.01. The number of halogens is 1. The summed E-state index contributed by atoms with van der Waals surface area (Å²) in [6.45, 7) is 0. The summed E-state index contributed by atoms with van der Waals surface area (Å²) in [5.74, 6) is 3.78. The van der Waals surface area contributed by atoms with E-state index in [0.717, 1.165) is 39.4 Å². The van der Waals surface area contributed by atoms with Crippen LogP contribution in [0.25, 0.3) is 0 Å². The third-order valence-electron chi connectivity index (χ3n) is 5.87. The first-order chi connectivity index (χ1) is 9.76. The molecule has 0 heterocycles. The number of anilines is 1. The molecule has 104 valence electrons. The molecule has 3 saturated carbocycles. The van der Waals surface area contributed by atoms with Gasteiger partial charge in [0.05, 0.1) is 11.3 Å². The van der Waals surface area contributed by atoms with Crippen LogP contribution in [-0.4, -0.2) is 6.04 Å². The van der Waals surface area contributed by atoms with E-state index < -0.39 is 0 Å². The number of nitriles is 1. The van der Waals surface area contributed by atoms with Crippen molar-refractivity contribution < 1.29 is 0 Å². The molecular weight excluding hydrogens is 312 g/mol. The lowest BCUT2D eigenvalue weighted by Crippen LogP contribution is -2.34. The van der Waals surface area contributed by atoms with Crippen LogP contribution in [0.3, 0.4) is 0 Å². The topological polar surface area (TPSA) is 35.8 Å². The van der Waals surface area contributed by atoms with Gasteiger partial charge >= 0.3 is 0 Å². The van der Waals surface area contributed by atoms with Crippen LogP contribution >= 0.6 is 15.9 Å². The molecule has 5 unspecified atom stereocenters. The van der Waals surface area contributed by atoms with E-state index in [2.05, 4.69) is 33.4 Å². The van der Waals surface area contributed by atoms with Gasteiger partial charge in [-0.25, -0.2) is 0 Å². The van der Waals surface area contributed by atoms with Gasteiger partial charge in [0.15, 0.2) is 0 Å². The highest BCUT2D eigenvalue weighted by Gasteiger charge is 2.53. The van der Waals surface area contributed by atoms with Gasteiger partial charge < -0.3 is 5.32 Å². The Labute approximate surface area is 128 Å². The molecule has 1 aromatic carbocycles. The van der Waals surface area contributed by atoms with Crippen LogP contribution in [0.15, 0.2) is 22.7 Å². The van der Waals surface area contributed by atoms with E-state index in [1.807, 2.05) is 12.1 Å². The summed E-state index contributed by atoms with van der Waals surface area (Å²) in [5.41, 5.74) is 1.77. The number of rotatable bonds is 2. The van der Waals surface area contributed by atoms with Crippen LogP contribution in [-0.2, 0) is 0 Å². The van der Waals surface area contributed by atoms with E-state index in [4.69, 9.17) is 0 Å². The van der Waals surface area contributed by atoms with E-state index in [1.54, 1.807) is 0 Å². The summed E-state index contributed by atoms with van der Waals surface area (Å²) < 4.78 is 1.04. The maximum Gasteiger partial charge on any atom is 0.101 e. The molecule has 0 amide bonds. The fraction of sp³-hybridized carbons (Fsp3) is 0.588.